The first-order chi connectivity index (χ1) is 12.6. The summed E-state index contributed by atoms with van der Waals surface area (Å²) in [7, 11) is 2.09. The molecule has 1 atom stereocenters. The van der Waals surface area contributed by atoms with Gasteiger partial charge in [-0.2, -0.15) is 0 Å². The van der Waals surface area contributed by atoms with Crippen molar-refractivity contribution >= 4 is 0 Å². The van der Waals surface area contributed by atoms with Crippen molar-refractivity contribution in [1.29, 1.82) is 0 Å². The fraction of sp³-hybridized carbons (Fsp3) is 0.227. The smallest absolute Gasteiger partial charge is 0.123 e. The maximum Gasteiger partial charge on any atom is 0.123 e. The first-order valence-electron chi connectivity index (χ1n) is 8.69. The molecule has 3 nitrogen and oxygen atoms in total. The molecule has 0 spiro atoms. The maximum atomic E-state index is 13.0. The molecule has 0 saturated carbocycles. The summed E-state index contributed by atoms with van der Waals surface area (Å²) in [6.07, 6.45) is 1.82. The monoisotopic (exact) mass is 350 g/mol. The van der Waals surface area contributed by atoms with E-state index >= 15 is 0 Å². The third kappa shape index (κ3) is 4.90. The van der Waals surface area contributed by atoms with Gasteiger partial charge in [0.25, 0.3) is 0 Å². The van der Waals surface area contributed by atoms with Gasteiger partial charge < -0.3 is 4.74 Å². The third-order valence-corrected chi connectivity index (χ3v) is 4.43. The van der Waals surface area contributed by atoms with Gasteiger partial charge >= 0.3 is 0 Å². The van der Waals surface area contributed by atoms with Crippen LogP contribution in [0.5, 0.6) is 5.75 Å². The molecule has 3 aromatic rings. The second-order valence-electron chi connectivity index (χ2n) is 6.41. The summed E-state index contributed by atoms with van der Waals surface area (Å²) in [5.41, 5.74) is 3.17. The second-order valence-corrected chi connectivity index (χ2v) is 6.41. The molecule has 1 heterocycles. The van der Waals surface area contributed by atoms with Gasteiger partial charge in [-0.25, -0.2) is 4.39 Å². The fourth-order valence-electron chi connectivity index (χ4n) is 2.75. The molecular weight excluding hydrogens is 327 g/mol. The molecule has 0 fully saturated rings. The van der Waals surface area contributed by atoms with Crippen molar-refractivity contribution < 1.29 is 9.13 Å². The lowest BCUT2D eigenvalue weighted by atomic mass is 10.1. The van der Waals surface area contributed by atoms with Crippen molar-refractivity contribution in [3.63, 3.8) is 0 Å². The molecule has 4 heteroatoms. The Bertz CT molecular complexity index is 821. The minimum absolute atomic E-state index is 0.222. The summed E-state index contributed by atoms with van der Waals surface area (Å²) in [5.74, 6) is 0.575. The van der Waals surface area contributed by atoms with Gasteiger partial charge in [0, 0.05) is 18.8 Å². The minimum Gasteiger partial charge on any atom is -0.489 e. The lowest BCUT2D eigenvalue weighted by Crippen LogP contribution is -2.22. The Morgan fingerprint density at radius 3 is 2.54 bits per heavy atom. The summed E-state index contributed by atoms with van der Waals surface area (Å²) in [5, 5.41) is 0. The van der Waals surface area contributed by atoms with E-state index in [0.29, 0.717) is 6.61 Å². The van der Waals surface area contributed by atoms with Gasteiger partial charge in [-0.3, -0.25) is 9.88 Å². The summed E-state index contributed by atoms with van der Waals surface area (Å²) in [6, 6.07) is 20.6. The molecule has 1 aromatic heterocycles. The Morgan fingerprint density at radius 1 is 1.00 bits per heavy atom. The summed E-state index contributed by atoms with van der Waals surface area (Å²) in [6.45, 7) is 3.37. The van der Waals surface area contributed by atoms with Crippen LogP contribution >= 0.6 is 0 Å². The molecule has 0 bridgehead atoms. The first-order valence-corrected chi connectivity index (χ1v) is 8.69. The zero-order valence-corrected chi connectivity index (χ0v) is 15.1. The molecule has 0 aliphatic heterocycles. The highest BCUT2D eigenvalue weighted by atomic mass is 19.1. The Hall–Kier alpha value is -2.72. The number of aromatic nitrogens is 1. The summed E-state index contributed by atoms with van der Waals surface area (Å²) < 4.78 is 18.8. The third-order valence-electron chi connectivity index (χ3n) is 4.43. The topological polar surface area (TPSA) is 25.4 Å². The molecule has 0 saturated heterocycles. The first kappa shape index (κ1) is 18.1. The van der Waals surface area contributed by atoms with Crippen LogP contribution in [0, 0.1) is 5.82 Å². The highest BCUT2D eigenvalue weighted by Gasteiger charge is 2.13. The Kier molecular flexibility index (Phi) is 5.97. The SMILES string of the molecule is CC(c1ccccn1)N(C)Cc1cccc(OCc2ccc(F)cc2)c1. The van der Waals surface area contributed by atoms with E-state index in [-0.39, 0.29) is 11.9 Å². The van der Waals surface area contributed by atoms with Gasteiger partial charge in [0.2, 0.25) is 0 Å². The van der Waals surface area contributed by atoms with Gasteiger partial charge in [0.15, 0.2) is 0 Å². The average Bonchev–Trinajstić information content (AvgIpc) is 2.68. The standard InChI is InChI=1S/C22H23FN2O/c1-17(22-8-3-4-13-24-22)25(2)15-19-6-5-7-21(14-19)26-16-18-9-11-20(23)12-10-18/h3-14,17H,15-16H2,1-2H3. The number of benzene rings is 2. The molecule has 0 aliphatic carbocycles. The molecule has 0 radical (unpaired) electrons. The number of ether oxygens (including phenoxy) is 1. The van der Waals surface area contributed by atoms with Gasteiger partial charge in [-0.15, -0.1) is 0 Å². The predicted molar refractivity (Wildman–Crippen MR) is 101 cm³/mol. The molecule has 0 amide bonds. The van der Waals surface area contributed by atoms with Crippen LogP contribution in [0.25, 0.3) is 0 Å². The quantitative estimate of drug-likeness (QED) is 0.600. The van der Waals surface area contributed by atoms with E-state index in [9.17, 15) is 4.39 Å². The van der Waals surface area contributed by atoms with Crippen LogP contribution in [-0.4, -0.2) is 16.9 Å². The van der Waals surface area contributed by atoms with Crippen molar-refractivity contribution in [2.75, 3.05) is 7.05 Å². The van der Waals surface area contributed by atoms with Crippen LogP contribution < -0.4 is 4.74 Å². The van der Waals surface area contributed by atoms with Gasteiger partial charge in [0.05, 0.1) is 5.69 Å². The summed E-state index contributed by atoms with van der Waals surface area (Å²) in [4.78, 5) is 6.69. The van der Waals surface area contributed by atoms with Gasteiger partial charge in [-0.1, -0.05) is 30.3 Å². The zero-order chi connectivity index (χ0) is 18.4. The van der Waals surface area contributed by atoms with Crippen LogP contribution in [-0.2, 0) is 13.2 Å². The highest BCUT2D eigenvalue weighted by molar-refractivity contribution is 5.29. The number of rotatable bonds is 7. The van der Waals surface area contributed by atoms with Crippen LogP contribution in [0.1, 0.15) is 29.8 Å². The Labute approximate surface area is 154 Å². The summed E-state index contributed by atoms with van der Waals surface area (Å²) >= 11 is 0. The van der Waals surface area contributed by atoms with Gasteiger partial charge in [0.1, 0.15) is 18.2 Å². The minimum atomic E-state index is -0.235. The second kappa shape index (κ2) is 8.59. The predicted octanol–water partition coefficient (Wildman–Crippen LogP) is 4.99. The van der Waals surface area contributed by atoms with Crippen LogP contribution in [0.3, 0.4) is 0 Å². The zero-order valence-electron chi connectivity index (χ0n) is 15.1. The van der Waals surface area contributed by atoms with Crippen LogP contribution in [0.4, 0.5) is 4.39 Å². The van der Waals surface area contributed by atoms with Crippen molar-refractivity contribution in [2.45, 2.75) is 26.1 Å². The normalized spacial score (nSPS) is 12.2. The molecule has 0 aliphatic rings. The van der Waals surface area contributed by atoms with Crippen molar-refractivity contribution in [3.8, 4) is 5.75 Å². The molecule has 0 N–H and O–H groups in total. The Morgan fingerprint density at radius 2 is 1.81 bits per heavy atom. The van der Waals surface area contributed by atoms with E-state index in [1.807, 2.05) is 42.6 Å². The average molecular weight is 350 g/mol. The van der Waals surface area contributed by atoms with Crippen molar-refractivity contribution in [1.82, 2.24) is 9.88 Å². The molecular formula is C22H23FN2O. The maximum absolute atomic E-state index is 13.0. The van der Waals surface area contributed by atoms with Crippen molar-refractivity contribution in [3.05, 3.63) is 95.6 Å². The molecule has 2 aromatic carbocycles. The lowest BCUT2D eigenvalue weighted by Gasteiger charge is -2.24. The Balaban J connectivity index is 1.60. The number of nitrogens with zero attached hydrogens (tertiary/aromatic N) is 2. The van der Waals surface area contributed by atoms with E-state index in [0.717, 1.165) is 23.6 Å². The van der Waals surface area contributed by atoms with E-state index in [4.69, 9.17) is 4.74 Å². The van der Waals surface area contributed by atoms with E-state index in [1.54, 1.807) is 12.1 Å². The number of halogens is 1. The number of pyridine rings is 1. The van der Waals surface area contributed by atoms with Crippen molar-refractivity contribution in [2.24, 2.45) is 0 Å². The highest BCUT2D eigenvalue weighted by Crippen LogP contribution is 2.21. The lowest BCUT2D eigenvalue weighted by molar-refractivity contribution is 0.247. The number of hydrogen-bond donors (Lipinski definition) is 0. The number of hydrogen-bond acceptors (Lipinski definition) is 3. The van der Waals surface area contributed by atoms with Crippen LogP contribution in [0.2, 0.25) is 0 Å². The molecule has 26 heavy (non-hydrogen) atoms. The fourth-order valence-corrected chi connectivity index (χ4v) is 2.75. The van der Waals surface area contributed by atoms with Crippen LogP contribution in [0.15, 0.2) is 72.9 Å². The van der Waals surface area contributed by atoms with E-state index in [2.05, 4.69) is 29.9 Å². The molecule has 134 valence electrons. The van der Waals surface area contributed by atoms with Gasteiger partial charge in [-0.05, 0) is 61.5 Å². The molecule has 3 rings (SSSR count). The van der Waals surface area contributed by atoms with E-state index < -0.39 is 0 Å². The largest absolute Gasteiger partial charge is 0.489 e. The van der Waals surface area contributed by atoms with E-state index in [1.165, 1.54) is 17.7 Å². The molecule has 1 unspecified atom stereocenters.